The summed E-state index contributed by atoms with van der Waals surface area (Å²) >= 11 is 0. The molecule has 1 rings (SSSR count). The zero-order valence-electron chi connectivity index (χ0n) is 6.76. The van der Waals surface area contributed by atoms with Crippen LogP contribution in [-0.4, -0.2) is 10.9 Å². The van der Waals surface area contributed by atoms with E-state index in [1.165, 1.54) is 0 Å². The summed E-state index contributed by atoms with van der Waals surface area (Å²) in [5.74, 6) is 1.00. The van der Waals surface area contributed by atoms with Gasteiger partial charge in [0, 0.05) is 6.92 Å². The van der Waals surface area contributed by atoms with Crippen LogP contribution in [-0.2, 0) is 11.2 Å². The van der Waals surface area contributed by atoms with Gasteiger partial charge in [0.1, 0.15) is 12.2 Å². The summed E-state index contributed by atoms with van der Waals surface area (Å²) < 4.78 is 5.02. The molecule has 0 radical (unpaired) electrons. The van der Waals surface area contributed by atoms with Gasteiger partial charge >= 0.3 is 24.8 Å². The molecule has 0 unspecified atom stereocenters. The van der Waals surface area contributed by atoms with Crippen LogP contribution in [0.25, 0.3) is 0 Å². The molecule has 0 aliphatic carbocycles. The summed E-state index contributed by atoms with van der Waals surface area (Å²) in [6, 6.07) is 0. The van der Waals surface area contributed by atoms with Gasteiger partial charge in [-0.05, 0) is 0 Å². The number of rotatable bonds is 2. The third kappa shape index (κ3) is 3.37. The first kappa shape index (κ1) is 10.4. The fraction of sp³-hybridized carbons (Fsp3) is 0.333. The molecule has 1 aromatic rings. The minimum absolute atomic E-state index is 0. The first-order chi connectivity index (χ1) is 4.68. The SMILES string of the molecule is Cc1ncc(CC([NH3+])=O)o1.[Li+]. The van der Waals surface area contributed by atoms with Gasteiger partial charge in [-0.2, -0.15) is 0 Å². The van der Waals surface area contributed by atoms with E-state index in [-0.39, 0.29) is 31.2 Å². The van der Waals surface area contributed by atoms with Gasteiger partial charge in [0.05, 0.1) is 6.20 Å². The van der Waals surface area contributed by atoms with Crippen LogP contribution in [0.1, 0.15) is 11.7 Å². The van der Waals surface area contributed by atoms with Crippen LogP contribution in [0.15, 0.2) is 10.6 Å². The van der Waals surface area contributed by atoms with Gasteiger partial charge in [0.2, 0.25) is 0 Å². The van der Waals surface area contributed by atoms with Gasteiger partial charge in [-0.3, -0.25) is 5.73 Å². The van der Waals surface area contributed by atoms with Crippen molar-refractivity contribution in [1.29, 1.82) is 0 Å². The molecule has 1 heterocycles. The Labute approximate surface area is 76.3 Å². The normalized spacial score (nSPS) is 8.91. The summed E-state index contributed by atoms with van der Waals surface area (Å²) in [6.07, 6.45) is 1.78. The maximum atomic E-state index is 10.4. The summed E-state index contributed by atoms with van der Waals surface area (Å²) in [5, 5.41) is 0. The molecular weight excluding hydrogens is 139 g/mol. The monoisotopic (exact) mass is 148 g/mol. The average Bonchev–Trinajstić information content (AvgIpc) is 2.13. The smallest absolute Gasteiger partial charge is 0.445 e. The van der Waals surface area contributed by atoms with E-state index >= 15 is 0 Å². The number of aryl methyl sites for hydroxylation is 1. The number of oxazole rings is 1. The van der Waals surface area contributed by atoms with Crippen LogP contribution in [0.4, 0.5) is 0 Å². The molecule has 0 aliphatic heterocycles. The van der Waals surface area contributed by atoms with Gasteiger partial charge in [-0.15, -0.1) is 0 Å². The van der Waals surface area contributed by atoms with Gasteiger partial charge < -0.3 is 4.42 Å². The maximum absolute atomic E-state index is 10.4. The second-order valence-electron chi connectivity index (χ2n) is 2.06. The molecular formula is C6H9LiN2O2+2. The van der Waals surface area contributed by atoms with Crippen molar-refractivity contribution >= 4 is 5.91 Å². The Hall–Kier alpha value is -0.563. The number of carbonyl (C=O) groups is 1. The van der Waals surface area contributed by atoms with E-state index in [1.807, 2.05) is 0 Å². The number of amides is 1. The van der Waals surface area contributed by atoms with Crippen molar-refractivity contribution in [2.45, 2.75) is 13.3 Å². The molecule has 4 nitrogen and oxygen atoms in total. The summed E-state index contributed by atoms with van der Waals surface area (Å²) in [4.78, 5) is 14.2. The topological polar surface area (TPSA) is 70.7 Å². The zero-order valence-corrected chi connectivity index (χ0v) is 6.76. The first-order valence-corrected chi connectivity index (χ1v) is 2.94. The van der Waals surface area contributed by atoms with E-state index in [0.717, 1.165) is 0 Å². The van der Waals surface area contributed by atoms with Gasteiger partial charge in [-0.1, -0.05) is 0 Å². The number of aromatic nitrogens is 1. The molecule has 1 aromatic heterocycles. The van der Waals surface area contributed by atoms with Crippen LogP contribution >= 0.6 is 0 Å². The standard InChI is InChI=1S/C6H8N2O2.Li/c1-4-8-3-5(10-4)2-6(7)9;/h3H,2H2,1H3,(H2,7,9);/q;+1/p+1. The Morgan fingerprint density at radius 1 is 1.82 bits per heavy atom. The number of carbonyl (C=O) groups excluding carboxylic acids is 1. The second kappa shape index (κ2) is 4.34. The van der Waals surface area contributed by atoms with Crippen LogP contribution in [0, 0.1) is 6.92 Å². The van der Waals surface area contributed by atoms with Gasteiger partial charge in [0.15, 0.2) is 5.89 Å². The Bertz CT molecular complexity index is 246. The van der Waals surface area contributed by atoms with E-state index in [4.69, 9.17) is 4.42 Å². The minimum Gasteiger partial charge on any atom is -0.445 e. The third-order valence-corrected chi connectivity index (χ3v) is 1.04. The number of nitrogens with zero attached hydrogens (tertiary/aromatic N) is 1. The fourth-order valence-electron chi connectivity index (χ4n) is 0.681. The quantitative estimate of drug-likeness (QED) is 0.439. The average molecular weight is 148 g/mol. The Kier molecular flexibility index (Phi) is 4.12. The molecule has 11 heavy (non-hydrogen) atoms. The van der Waals surface area contributed by atoms with Crippen molar-refractivity contribution in [1.82, 2.24) is 4.98 Å². The van der Waals surface area contributed by atoms with Gasteiger partial charge in [-0.25, -0.2) is 9.78 Å². The van der Waals surface area contributed by atoms with Crippen LogP contribution in [0.3, 0.4) is 0 Å². The molecule has 0 saturated heterocycles. The Balaban J connectivity index is 0.000001000. The van der Waals surface area contributed by atoms with Crippen LogP contribution in [0.2, 0.25) is 0 Å². The van der Waals surface area contributed by atoms with Crippen molar-refractivity contribution in [3.05, 3.63) is 17.8 Å². The third-order valence-electron chi connectivity index (χ3n) is 1.04. The summed E-state index contributed by atoms with van der Waals surface area (Å²) in [5.41, 5.74) is 3.22. The molecule has 1 amide bonds. The summed E-state index contributed by atoms with van der Waals surface area (Å²) in [6.45, 7) is 1.73. The second-order valence-corrected chi connectivity index (χ2v) is 2.06. The van der Waals surface area contributed by atoms with Gasteiger partial charge in [0.25, 0.3) is 0 Å². The zero-order chi connectivity index (χ0) is 7.56. The van der Waals surface area contributed by atoms with E-state index in [2.05, 4.69) is 10.7 Å². The van der Waals surface area contributed by atoms with Crippen molar-refractivity contribution in [3.63, 3.8) is 0 Å². The Morgan fingerprint density at radius 3 is 2.82 bits per heavy atom. The molecule has 5 heteroatoms. The predicted octanol–water partition coefficient (Wildman–Crippen LogP) is -3.70. The predicted molar refractivity (Wildman–Crippen MR) is 32.8 cm³/mol. The number of hydrogen-bond acceptors (Lipinski definition) is 3. The van der Waals surface area contributed by atoms with Crippen molar-refractivity contribution in [3.8, 4) is 0 Å². The molecule has 0 aliphatic rings. The minimum atomic E-state index is -0.156. The molecule has 0 atom stereocenters. The molecule has 54 valence electrons. The Morgan fingerprint density at radius 2 is 2.45 bits per heavy atom. The number of quaternary nitrogens is 1. The maximum Gasteiger partial charge on any atom is 1.00 e. The molecule has 3 N–H and O–H groups in total. The molecule has 0 spiro atoms. The fourth-order valence-corrected chi connectivity index (χ4v) is 0.681. The van der Waals surface area contributed by atoms with Crippen LogP contribution < -0.4 is 24.6 Å². The molecule has 0 bridgehead atoms. The van der Waals surface area contributed by atoms with Crippen molar-refractivity contribution in [2.24, 2.45) is 0 Å². The van der Waals surface area contributed by atoms with E-state index in [0.29, 0.717) is 11.7 Å². The first-order valence-electron chi connectivity index (χ1n) is 2.94. The van der Waals surface area contributed by atoms with E-state index in [9.17, 15) is 4.79 Å². The van der Waals surface area contributed by atoms with Crippen molar-refractivity contribution in [2.75, 3.05) is 0 Å². The van der Waals surface area contributed by atoms with Crippen molar-refractivity contribution < 1.29 is 33.8 Å². The summed E-state index contributed by atoms with van der Waals surface area (Å²) in [7, 11) is 0. The number of hydrogen-bond donors (Lipinski definition) is 1. The molecule has 0 fully saturated rings. The van der Waals surface area contributed by atoms with E-state index < -0.39 is 0 Å². The molecule has 0 aromatic carbocycles. The molecule has 0 saturated carbocycles. The van der Waals surface area contributed by atoms with Crippen LogP contribution in [0.5, 0.6) is 0 Å². The van der Waals surface area contributed by atoms with E-state index in [1.54, 1.807) is 13.1 Å². The largest absolute Gasteiger partial charge is 1.00 e.